The Bertz CT molecular complexity index is 712. The number of methoxy groups -OCH3 is 1. The Labute approximate surface area is 141 Å². The van der Waals surface area contributed by atoms with E-state index in [-0.39, 0.29) is 18.2 Å². The van der Waals surface area contributed by atoms with Crippen LogP contribution in [-0.2, 0) is 4.79 Å². The Hall–Kier alpha value is -3.02. The minimum atomic E-state index is -0.248. The number of benzene rings is 2. The molecule has 6 nitrogen and oxygen atoms in total. The molecular formula is C18H21N3O3. The molecule has 126 valence electrons. The zero-order chi connectivity index (χ0) is 17.4. The summed E-state index contributed by atoms with van der Waals surface area (Å²) >= 11 is 0. The highest BCUT2D eigenvalue weighted by molar-refractivity contribution is 6.01. The maximum atomic E-state index is 11.9. The molecule has 0 saturated heterocycles. The highest BCUT2D eigenvalue weighted by Crippen LogP contribution is 2.16. The van der Waals surface area contributed by atoms with E-state index in [0.717, 1.165) is 22.7 Å². The van der Waals surface area contributed by atoms with Crippen LogP contribution in [0.3, 0.4) is 0 Å². The summed E-state index contributed by atoms with van der Waals surface area (Å²) < 4.78 is 5.13. The van der Waals surface area contributed by atoms with Gasteiger partial charge < -0.3 is 15.2 Å². The van der Waals surface area contributed by atoms with Crippen molar-refractivity contribution in [1.82, 2.24) is 5.43 Å². The molecule has 0 aromatic heterocycles. The molecule has 0 heterocycles. The third kappa shape index (κ3) is 5.01. The van der Waals surface area contributed by atoms with Crippen molar-refractivity contribution in [3.63, 3.8) is 0 Å². The van der Waals surface area contributed by atoms with E-state index in [2.05, 4.69) is 15.8 Å². The highest BCUT2D eigenvalue weighted by Gasteiger charge is 2.04. The molecule has 0 saturated carbocycles. The van der Waals surface area contributed by atoms with Gasteiger partial charge >= 0.3 is 0 Å². The minimum Gasteiger partial charge on any atom is -0.508 e. The van der Waals surface area contributed by atoms with Crippen molar-refractivity contribution in [2.45, 2.75) is 13.3 Å². The van der Waals surface area contributed by atoms with Crippen molar-refractivity contribution in [2.75, 3.05) is 19.0 Å². The van der Waals surface area contributed by atoms with E-state index in [1.807, 2.05) is 31.2 Å². The van der Waals surface area contributed by atoms with Crippen molar-refractivity contribution in [2.24, 2.45) is 5.10 Å². The Balaban J connectivity index is 1.91. The first-order valence-electron chi connectivity index (χ1n) is 7.65. The summed E-state index contributed by atoms with van der Waals surface area (Å²) in [6.45, 7) is 2.05. The van der Waals surface area contributed by atoms with E-state index in [9.17, 15) is 9.90 Å². The van der Waals surface area contributed by atoms with Gasteiger partial charge in [0, 0.05) is 11.8 Å². The van der Waals surface area contributed by atoms with Crippen LogP contribution in [0.1, 0.15) is 18.9 Å². The molecule has 0 bridgehead atoms. The Morgan fingerprint density at radius 2 is 1.96 bits per heavy atom. The number of aromatic hydroxyl groups is 1. The maximum Gasteiger partial charge on any atom is 0.259 e. The lowest BCUT2D eigenvalue weighted by atomic mass is 10.1. The fourth-order valence-electron chi connectivity index (χ4n) is 2.09. The first-order chi connectivity index (χ1) is 11.6. The number of ether oxygens (including phenoxy) is 1. The third-order valence-electron chi connectivity index (χ3n) is 3.37. The number of anilines is 1. The lowest BCUT2D eigenvalue weighted by molar-refractivity contribution is -0.119. The summed E-state index contributed by atoms with van der Waals surface area (Å²) in [5.41, 5.74) is 4.93. The Morgan fingerprint density at radius 3 is 2.62 bits per heavy atom. The number of phenolic OH excluding ortho intramolecular Hbond substituents is 1. The van der Waals surface area contributed by atoms with E-state index in [4.69, 9.17) is 4.74 Å². The SMILES string of the molecule is CC/C(=N\NC(=O)CNc1cccc(OC)c1)c1ccc(O)cc1. The molecule has 0 atom stereocenters. The Kier molecular flexibility index (Phi) is 6.19. The van der Waals surface area contributed by atoms with E-state index in [1.165, 1.54) is 0 Å². The molecule has 3 N–H and O–H groups in total. The van der Waals surface area contributed by atoms with Gasteiger partial charge in [-0.25, -0.2) is 5.43 Å². The molecule has 2 rings (SSSR count). The number of nitrogens with one attached hydrogen (secondary N) is 2. The number of hydrogen-bond donors (Lipinski definition) is 3. The minimum absolute atomic E-state index is 0.100. The molecule has 0 radical (unpaired) electrons. The summed E-state index contributed by atoms with van der Waals surface area (Å²) in [6.07, 6.45) is 0.661. The van der Waals surface area contributed by atoms with Crippen LogP contribution in [0.2, 0.25) is 0 Å². The van der Waals surface area contributed by atoms with Crippen LogP contribution >= 0.6 is 0 Å². The molecule has 1 amide bonds. The molecule has 0 aliphatic carbocycles. The van der Waals surface area contributed by atoms with E-state index in [0.29, 0.717) is 6.42 Å². The topological polar surface area (TPSA) is 83.0 Å². The molecule has 0 spiro atoms. The van der Waals surface area contributed by atoms with Gasteiger partial charge in [-0.15, -0.1) is 0 Å². The zero-order valence-electron chi connectivity index (χ0n) is 13.7. The summed E-state index contributed by atoms with van der Waals surface area (Å²) in [5.74, 6) is 0.669. The quantitative estimate of drug-likeness (QED) is 0.539. The number of hydrazone groups is 1. The van der Waals surface area contributed by atoms with Crippen LogP contribution in [0.4, 0.5) is 5.69 Å². The van der Waals surface area contributed by atoms with Gasteiger partial charge in [-0.3, -0.25) is 4.79 Å². The normalized spacial score (nSPS) is 11.0. The molecule has 0 aliphatic rings. The molecule has 0 fully saturated rings. The largest absolute Gasteiger partial charge is 0.508 e. The number of amides is 1. The summed E-state index contributed by atoms with van der Waals surface area (Å²) in [7, 11) is 1.59. The summed E-state index contributed by atoms with van der Waals surface area (Å²) in [4.78, 5) is 11.9. The first-order valence-corrected chi connectivity index (χ1v) is 7.65. The van der Waals surface area contributed by atoms with Crippen LogP contribution in [0.5, 0.6) is 11.5 Å². The van der Waals surface area contributed by atoms with Gasteiger partial charge in [0.25, 0.3) is 5.91 Å². The van der Waals surface area contributed by atoms with E-state index >= 15 is 0 Å². The van der Waals surface area contributed by atoms with Crippen molar-refractivity contribution in [1.29, 1.82) is 0 Å². The van der Waals surface area contributed by atoms with Crippen molar-refractivity contribution in [3.8, 4) is 11.5 Å². The van der Waals surface area contributed by atoms with Crippen LogP contribution in [0, 0.1) is 0 Å². The van der Waals surface area contributed by atoms with E-state index in [1.54, 1.807) is 31.4 Å². The second-order valence-corrected chi connectivity index (χ2v) is 5.08. The van der Waals surface area contributed by atoms with Crippen LogP contribution in [0.25, 0.3) is 0 Å². The number of nitrogens with zero attached hydrogens (tertiary/aromatic N) is 1. The fourth-order valence-corrected chi connectivity index (χ4v) is 2.09. The Morgan fingerprint density at radius 1 is 1.21 bits per heavy atom. The molecule has 24 heavy (non-hydrogen) atoms. The van der Waals surface area contributed by atoms with Crippen LogP contribution in [0.15, 0.2) is 53.6 Å². The van der Waals surface area contributed by atoms with E-state index < -0.39 is 0 Å². The monoisotopic (exact) mass is 327 g/mol. The number of carbonyl (C=O) groups excluding carboxylic acids is 1. The molecular weight excluding hydrogens is 306 g/mol. The van der Waals surface area contributed by atoms with Crippen LogP contribution < -0.4 is 15.5 Å². The van der Waals surface area contributed by atoms with Gasteiger partial charge in [0.1, 0.15) is 11.5 Å². The molecule has 2 aromatic carbocycles. The first kappa shape index (κ1) is 17.3. The predicted molar refractivity (Wildman–Crippen MR) is 94.6 cm³/mol. The fraction of sp³-hybridized carbons (Fsp3) is 0.222. The predicted octanol–water partition coefficient (Wildman–Crippen LogP) is 2.74. The summed E-state index contributed by atoms with van der Waals surface area (Å²) in [6, 6.07) is 14.0. The van der Waals surface area contributed by atoms with Gasteiger partial charge in [-0.2, -0.15) is 5.10 Å². The molecule has 0 unspecified atom stereocenters. The smallest absolute Gasteiger partial charge is 0.259 e. The van der Waals surface area contributed by atoms with Gasteiger partial charge in [-0.1, -0.05) is 13.0 Å². The van der Waals surface area contributed by atoms with Crippen molar-refractivity contribution in [3.05, 3.63) is 54.1 Å². The second kappa shape index (κ2) is 8.57. The number of phenols is 1. The lowest BCUT2D eigenvalue weighted by Gasteiger charge is -2.08. The highest BCUT2D eigenvalue weighted by atomic mass is 16.5. The lowest BCUT2D eigenvalue weighted by Crippen LogP contribution is -2.27. The van der Waals surface area contributed by atoms with Gasteiger partial charge in [0.05, 0.1) is 19.4 Å². The zero-order valence-corrected chi connectivity index (χ0v) is 13.7. The van der Waals surface area contributed by atoms with Crippen molar-refractivity contribution < 1.29 is 14.6 Å². The average molecular weight is 327 g/mol. The molecule has 2 aromatic rings. The summed E-state index contributed by atoms with van der Waals surface area (Å²) in [5, 5.41) is 16.5. The number of hydrogen-bond acceptors (Lipinski definition) is 5. The second-order valence-electron chi connectivity index (χ2n) is 5.08. The molecule has 6 heteroatoms. The van der Waals surface area contributed by atoms with Gasteiger partial charge in [-0.05, 0) is 48.4 Å². The van der Waals surface area contributed by atoms with Crippen LogP contribution in [-0.4, -0.2) is 30.4 Å². The third-order valence-corrected chi connectivity index (χ3v) is 3.37. The van der Waals surface area contributed by atoms with Gasteiger partial charge in [0.2, 0.25) is 0 Å². The number of carbonyl (C=O) groups is 1. The number of rotatable bonds is 7. The average Bonchev–Trinajstić information content (AvgIpc) is 2.62. The van der Waals surface area contributed by atoms with Gasteiger partial charge in [0.15, 0.2) is 0 Å². The maximum absolute atomic E-state index is 11.9. The van der Waals surface area contributed by atoms with Crippen molar-refractivity contribution >= 4 is 17.3 Å². The molecule has 0 aliphatic heterocycles. The standard InChI is InChI=1S/C18H21N3O3/c1-3-17(13-7-9-15(22)10-8-13)20-21-18(23)12-19-14-5-4-6-16(11-14)24-2/h4-11,19,22H,3,12H2,1-2H3,(H,21,23)/b20-17+.